The van der Waals surface area contributed by atoms with E-state index in [2.05, 4.69) is 4.90 Å². The number of carbonyl (C=O) groups excluding carboxylic acids is 1. The van der Waals surface area contributed by atoms with Crippen molar-refractivity contribution in [2.75, 3.05) is 0 Å². The van der Waals surface area contributed by atoms with Gasteiger partial charge >= 0.3 is 6.18 Å². The van der Waals surface area contributed by atoms with Gasteiger partial charge in [-0.1, -0.05) is 62.8 Å². The van der Waals surface area contributed by atoms with E-state index in [-0.39, 0.29) is 24.5 Å². The maximum absolute atomic E-state index is 14.0. The number of alkyl halides is 3. The van der Waals surface area contributed by atoms with Crippen molar-refractivity contribution in [3.8, 4) is 11.4 Å². The molecule has 0 aliphatic heterocycles. The minimum Gasteiger partial charge on any atom is -0.335 e. The minimum absolute atomic E-state index is 0.0973. The van der Waals surface area contributed by atoms with Crippen LogP contribution < -0.4 is 0 Å². The van der Waals surface area contributed by atoms with E-state index in [0.717, 1.165) is 74.5 Å². The Labute approximate surface area is 204 Å². The first-order chi connectivity index (χ1) is 16.9. The Hall–Kier alpha value is -2.83. The molecule has 2 aliphatic rings. The highest BCUT2D eigenvalue weighted by atomic mass is 19.4. The Morgan fingerprint density at radius 1 is 0.857 bits per heavy atom. The largest absolute Gasteiger partial charge is 0.416 e. The number of imidazole rings is 1. The molecule has 0 spiro atoms. The molecular weight excluding hydrogens is 451 g/mol. The Balaban J connectivity index is 1.50. The monoisotopic (exact) mass is 483 g/mol. The maximum Gasteiger partial charge on any atom is 0.416 e. The summed E-state index contributed by atoms with van der Waals surface area (Å²) in [5, 5.41) is 0. The summed E-state index contributed by atoms with van der Waals surface area (Å²) in [6.45, 7) is 0.143. The summed E-state index contributed by atoms with van der Waals surface area (Å²) in [7, 11) is 0. The molecule has 0 saturated heterocycles. The van der Waals surface area contributed by atoms with E-state index >= 15 is 0 Å². The second-order valence-corrected chi connectivity index (χ2v) is 9.97. The zero-order valence-corrected chi connectivity index (χ0v) is 19.9. The number of nitrogens with zero attached hydrogens (tertiary/aromatic N) is 3. The topological polar surface area (TPSA) is 38.1 Å². The molecule has 2 saturated carbocycles. The smallest absolute Gasteiger partial charge is 0.335 e. The molecule has 1 heterocycles. The zero-order valence-electron chi connectivity index (χ0n) is 19.9. The van der Waals surface area contributed by atoms with Crippen LogP contribution in [0, 0.1) is 0 Å². The lowest BCUT2D eigenvalue weighted by atomic mass is 9.88. The minimum atomic E-state index is -4.39. The first-order valence-electron chi connectivity index (χ1n) is 12.9. The highest BCUT2D eigenvalue weighted by molar-refractivity contribution is 5.85. The number of para-hydroxylation sites is 2. The molecule has 0 N–H and O–H groups in total. The van der Waals surface area contributed by atoms with Gasteiger partial charge in [0.1, 0.15) is 12.4 Å². The number of benzene rings is 2. The third-order valence-electron chi connectivity index (χ3n) is 7.64. The van der Waals surface area contributed by atoms with Crippen LogP contribution in [-0.2, 0) is 17.5 Å². The molecule has 186 valence electrons. The van der Waals surface area contributed by atoms with E-state index in [0.29, 0.717) is 11.4 Å². The Kier molecular flexibility index (Phi) is 6.85. The Morgan fingerprint density at radius 2 is 1.43 bits per heavy atom. The lowest BCUT2D eigenvalue weighted by Crippen LogP contribution is -2.50. The summed E-state index contributed by atoms with van der Waals surface area (Å²) in [6, 6.07) is 13.2. The van der Waals surface area contributed by atoms with Gasteiger partial charge < -0.3 is 9.47 Å². The van der Waals surface area contributed by atoms with Gasteiger partial charge in [0.05, 0.1) is 16.6 Å². The summed E-state index contributed by atoms with van der Waals surface area (Å²) in [4.78, 5) is 20.9. The molecule has 3 aromatic rings. The van der Waals surface area contributed by atoms with Crippen LogP contribution in [-0.4, -0.2) is 32.4 Å². The summed E-state index contributed by atoms with van der Waals surface area (Å²) in [5.41, 5.74) is 1.43. The number of hydrogen-bond acceptors (Lipinski definition) is 2. The molecule has 2 fully saturated rings. The lowest BCUT2D eigenvalue weighted by Gasteiger charge is -2.42. The number of carbonyl (C=O) groups is 1. The SMILES string of the molecule is O=C(Cn1c(-c2ccc(C(F)(F)F)cc2)nc2ccccc21)N(C1CCCCC1)C1CCCCC1. The molecule has 0 bridgehead atoms. The number of fused-ring (bicyclic) bond motifs is 1. The maximum atomic E-state index is 14.0. The van der Waals surface area contributed by atoms with Crippen molar-refractivity contribution >= 4 is 16.9 Å². The number of amides is 1. The molecule has 2 aliphatic carbocycles. The van der Waals surface area contributed by atoms with Crippen LogP contribution in [0.5, 0.6) is 0 Å². The molecule has 2 aromatic carbocycles. The lowest BCUT2D eigenvalue weighted by molar-refractivity contribution is -0.139. The fraction of sp³-hybridized carbons (Fsp3) is 0.500. The second kappa shape index (κ2) is 10.0. The van der Waals surface area contributed by atoms with Crippen LogP contribution in [0.2, 0.25) is 0 Å². The molecule has 0 radical (unpaired) electrons. The number of halogens is 3. The fourth-order valence-electron chi connectivity index (χ4n) is 5.90. The van der Waals surface area contributed by atoms with E-state index in [1.807, 2.05) is 28.8 Å². The molecule has 5 rings (SSSR count). The van der Waals surface area contributed by atoms with E-state index in [1.165, 1.54) is 25.0 Å². The van der Waals surface area contributed by atoms with Crippen LogP contribution in [0.3, 0.4) is 0 Å². The van der Waals surface area contributed by atoms with Crippen LogP contribution in [0.4, 0.5) is 13.2 Å². The first kappa shape index (κ1) is 23.9. The average molecular weight is 484 g/mol. The second-order valence-electron chi connectivity index (χ2n) is 9.97. The van der Waals surface area contributed by atoms with Crippen LogP contribution >= 0.6 is 0 Å². The Morgan fingerprint density at radius 3 is 2.00 bits per heavy atom. The van der Waals surface area contributed by atoms with Crippen LogP contribution in [0.1, 0.15) is 69.8 Å². The first-order valence-corrected chi connectivity index (χ1v) is 12.9. The van der Waals surface area contributed by atoms with Crippen LogP contribution in [0.25, 0.3) is 22.4 Å². The normalized spacial score (nSPS) is 18.1. The van der Waals surface area contributed by atoms with Crippen molar-refractivity contribution in [3.05, 3.63) is 54.1 Å². The predicted octanol–water partition coefficient (Wildman–Crippen LogP) is 7.22. The molecule has 0 unspecified atom stereocenters. The fourth-order valence-corrected chi connectivity index (χ4v) is 5.90. The van der Waals surface area contributed by atoms with Gasteiger partial charge in [0.25, 0.3) is 0 Å². The van der Waals surface area contributed by atoms with Gasteiger partial charge in [-0.15, -0.1) is 0 Å². The predicted molar refractivity (Wildman–Crippen MR) is 131 cm³/mol. The standard InChI is InChI=1S/C28H32F3N3O/c29-28(30,31)21-17-15-20(16-18-21)27-32-24-13-7-8-14-25(24)33(27)19-26(35)34(22-9-3-1-4-10-22)23-11-5-2-6-12-23/h7-8,13-18,22-23H,1-6,9-12,19H2. The number of aromatic nitrogens is 2. The molecular formula is C28H32F3N3O. The molecule has 1 aromatic heterocycles. The highest BCUT2D eigenvalue weighted by Gasteiger charge is 2.33. The third kappa shape index (κ3) is 5.09. The van der Waals surface area contributed by atoms with Crippen molar-refractivity contribution in [1.82, 2.24) is 14.5 Å². The van der Waals surface area contributed by atoms with Crippen molar-refractivity contribution < 1.29 is 18.0 Å². The third-order valence-corrected chi connectivity index (χ3v) is 7.64. The van der Waals surface area contributed by atoms with Gasteiger partial charge in [0.15, 0.2) is 0 Å². The van der Waals surface area contributed by atoms with Gasteiger partial charge in [-0.2, -0.15) is 13.2 Å². The Bertz CT molecular complexity index is 1140. The summed E-state index contributed by atoms with van der Waals surface area (Å²) < 4.78 is 41.2. The molecule has 0 atom stereocenters. The van der Waals surface area contributed by atoms with Crippen molar-refractivity contribution in [2.45, 2.75) is 89.0 Å². The highest BCUT2D eigenvalue weighted by Crippen LogP contribution is 2.33. The van der Waals surface area contributed by atoms with E-state index in [1.54, 1.807) is 0 Å². The molecule has 35 heavy (non-hydrogen) atoms. The quantitative estimate of drug-likeness (QED) is 0.384. The van der Waals surface area contributed by atoms with Crippen molar-refractivity contribution in [2.24, 2.45) is 0 Å². The van der Waals surface area contributed by atoms with Gasteiger partial charge in [-0.25, -0.2) is 4.98 Å². The summed E-state index contributed by atoms with van der Waals surface area (Å²) in [6.07, 6.45) is 6.92. The van der Waals surface area contributed by atoms with Crippen LogP contribution in [0.15, 0.2) is 48.5 Å². The summed E-state index contributed by atoms with van der Waals surface area (Å²) in [5.74, 6) is 0.626. The van der Waals surface area contributed by atoms with E-state index < -0.39 is 11.7 Å². The number of rotatable bonds is 5. The average Bonchev–Trinajstić information content (AvgIpc) is 3.23. The van der Waals surface area contributed by atoms with Gasteiger partial charge in [0.2, 0.25) is 5.91 Å². The van der Waals surface area contributed by atoms with E-state index in [9.17, 15) is 18.0 Å². The van der Waals surface area contributed by atoms with Gasteiger partial charge in [0, 0.05) is 17.6 Å². The molecule has 1 amide bonds. The van der Waals surface area contributed by atoms with E-state index in [4.69, 9.17) is 4.98 Å². The number of hydrogen-bond donors (Lipinski definition) is 0. The molecule has 4 nitrogen and oxygen atoms in total. The summed E-state index contributed by atoms with van der Waals surface area (Å²) >= 11 is 0. The molecule has 7 heteroatoms. The van der Waals surface area contributed by atoms with Crippen molar-refractivity contribution in [1.29, 1.82) is 0 Å². The van der Waals surface area contributed by atoms with Gasteiger partial charge in [-0.3, -0.25) is 4.79 Å². The van der Waals surface area contributed by atoms with Gasteiger partial charge in [-0.05, 0) is 49.9 Å². The zero-order chi connectivity index (χ0) is 24.4. The van der Waals surface area contributed by atoms with Crippen molar-refractivity contribution in [3.63, 3.8) is 0 Å².